The SMILES string of the molecule is CCCc1n[nH]c(=S)n1CC(=O)NCc1ccc(C)n1C. The van der Waals surface area contributed by atoms with E-state index in [-0.39, 0.29) is 12.5 Å². The van der Waals surface area contributed by atoms with Crippen LogP contribution in [0.2, 0.25) is 0 Å². The molecule has 114 valence electrons. The van der Waals surface area contributed by atoms with Crippen molar-refractivity contribution in [2.24, 2.45) is 7.05 Å². The summed E-state index contributed by atoms with van der Waals surface area (Å²) in [7, 11) is 1.99. The lowest BCUT2D eigenvalue weighted by atomic mass is 10.3. The summed E-state index contributed by atoms with van der Waals surface area (Å²) in [5.74, 6) is 0.760. The maximum atomic E-state index is 12.1. The van der Waals surface area contributed by atoms with E-state index in [1.54, 1.807) is 4.57 Å². The third-order valence-corrected chi connectivity index (χ3v) is 3.87. The number of carbonyl (C=O) groups is 1. The molecule has 0 bridgehead atoms. The standard InChI is InChI=1S/C14H21N5OS/c1-4-5-12-16-17-14(21)19(12)9-13(20)15-8-11-7-6-10(2)18(11)3/h6-7H,4-5,8-9H2,1-3H3,(H,15,20)(H,17,21). The van der Waals surface area contributed by atoms with E-state index in [1.165, 1.54) is 5.69 Å². The minimum absolute atomic E-state index is 0.0660. The molecule has 2 rings (SSSR count). The van der Waals surface area contributed by atoms with E-state index in [2.05, 4.69) is 27.0 Å². The molecule has 0 aliphatic heterocycles. The first-order valence-electron chi connectivity index (χ1n) is 7.05. The second kappa shape index (κ2) is 6.71. The summed E-state index contributed by atoms with van der Waals surface area (Å²) in [4.78, 5) is 12.1. The summed E-state index contributed by atoms with van der Waals surface area (Å²) in [6.07, 6.45) is 1.77. The lowest BCUT2D eigenvalue weighted by Gasteiger charge is -2.09. The quantitative estimate of drug-likeness (QED) is 0.800. The van der Waals surface area contributed by atoms with Gasteiger partial charge in [-0.2, -0.15) is 5.10 Å². The maximum Gasteiger partial charge on any atom is 0.240 e. The van der Waals surface area contributed by atoms with Gasteiger partial charge in [-0.15, -0.1) is 0 Å². The fourth-order valence-electron chi connectivity index (χ4n) is 2.16. The van der Waals surface area contributed by atoms with Crippen LogP contribution in [0, 0.1) is 11.7 Å². The first kappa shape index (κ1) is 15.5. The van der Waals surface area contributed by atoms with Gasteiger partial charge in [0.2, 0.25) is 5.91 Å². The number of nitrogens with one attached hydrogen (secondary N) is 2. The Morgan fingerprint density at radius 1 is 1.48 bits per heavy atom. The van der Waals surface area contributed by atoms with Crippen LogP contribution in [-0.4, -0.2) is 25.2 Å². The molecule has 0 radical (unpaired) electrons. The third kappa shape index (κ3) is 3.60. The van der Waals surface area contributed by atoms with Gasteiger partial charge in [0.05, 0.1) is 6.54 Å². The summed E-state index contributed by atoms with van der Waals surface area (Å²) in [5, 5.41) is 9.82. The second-order valence-corrected chi connectivity index (χ2v) is 5.47. The molecule has 0 aliphatic rings. The van der Waals surface area contributed by atoms with Crippen molar-refractivity contribution in [3.05, 3.63) is 34.1 Å². The molecule has 0 fully saturated rings. The molecule has 2 aromatic heterocycles. The normalized spacial score (nSPS) is 10.8. The van der Waals surface area contributed by atoms with Crippen molar-refractivity contribution < 1.29 is 4.79 Å². The molecular weight excluding hydrogens is 286 g/mol. The van der Waals surface area contributed by atoms with Crippen molar-refractivity contribution in [3.63, 3.8) is 0 Å². The topological polar surface area (TPSA) is 67.6 Å². The van der Waals surface area contributed by atoms with Crippen molar-refractivity contribution in [2.45, 2.75) is 39.8 Å². The van der Waals surface area contributed by atoms with Crippen LogP contribution in [0.15, 0.2) is 12.1 Å². The first-order valence-corrected chi connectivity index (χ1v) is 7.45. The molecule has 2 heterocycles. The minimum Gasteiger partial charge on any atom is -0.350 e. The number of hydrogen-bond donors (Lipinski definition) is 2. The number of hydrogen-bond acceptors (Lipinski definition) is 3. The molecule has 2 N–H and O–H groups in total. The fourth-order valence-corrected chi connectivity index (χ4v) is 2.38. The van der Waals surface area contributed by atoms with Gasteiger partial charge in [0.15, 0.2) is 4.77 Å². The fraction of sp³-hybridized carbons (Fsp3) is 0.500. The highest BCUT2D eigenvalue weighted by Gasteiger charge is 2.10. The van der Waals surface area contributed by atoms with E-state index in [4.69, 9.17) is 12.2 Å². The largest absolute Gasteiger partial charge is 0.350 e. The van der Waals surface area contributed by atoms with Gasteiger partial charge < -0.3 is 9.88 Å². The van der Waals surface area contributed by atoms with Crippen LogP contribution in [0.5, 0.6) is 0 Å². The van der Waals surface area contributed by atoms with Gasteiger partial charge in [0.25, 0.3) is 0 Å². The second-order valence-electron chi connectivity index (χ2n) is 5.08. The van der Waals surface area contributed by atoms with Crippen LogP contribution in [-0.2, 0) is 31.4 Å². The monoisotopic (exact) mass is 307 g/mol. The zero-order valence-corrected chi connectivity index (χ0v) is 13.5. The van der Waals surface area contributed by atoms with Crippen LogP contribution in [0.25, 0.3) is 0 Å². The number of aromatic nitrogens is 4. The molecule has 0 saturated heterocycles. The molecule has 2 aromatic rings. The highest BCUT2D eigenvalue weighted by atomic mass is 32.1. The van der Waals surface area contributed by atoms with Crippen LogP contribution in [0.4, 0.5) is 0 Å². The van der Waals surface area contributed by atoms with Gasteiger partial charge in [-0.05, 0) is 37.7 Å². The molecule has 21 heavy (non-hydrogen) atoms. The van der Waals surface area contributed by atoms with Crippen LogP contribution < -0.4 is 5.32 Å². The van der Waals surface area contributed by atoms with E-state index in [1.807, 2.05) is 26.1 Å². The Labute approximate surface area is 129 Å². The van der Waals surface area contributed by atoms with E-state index in [0.717, 1.165) is 24.4 Å². The molecular formula is C14H21N5OS. The molecule has 7 heteroatoms. The van der Waals surface area contributed by atoms with Crippen LogP contribution in [0.1, 0.15) is 30.6 Å². The summed E-state index contributed by atoms with van der Waals surface area (Å²) in [6, 6.07) is 4.05. The first-order chi connectivity index (χ1) is 10.0. The summed E-state index contributed by atoms with van der Waals surface area (Å²) in [6.45, 7) is 4.82. The van der Waals surface area contributed by atoms with E-state index >= 15 is 0 Å². The molecule has 6 nitrogen and oxygen atoms in total. The summed E-state index contributed by atoms with van der Waals surface area (Å²) >= 11 is 5.17. The van der Waals surface area contributed by atoms with Gasteiger partial charge in [-0.1, -0.05) is 6.92 Å². The number of aromatic amines is 1. The Morgan fingerprint density at radius 3 is 2.86 bits per heavy atom. The average molecular weight is 307 g/mol. The number of rotatable bonds is 6. The molecule has 0 spiro atoms. The van der Waals surface area contributed by atoms with E-state index in [9.17, 15) is 4.79 Å². The Balaban J connectivity index is 1.97. The van der Waals surface area contributed by atoms with Gasteiger partial charge >= 0.3 is 0 Å². The number of H-pyrrole nitrogens is 1. The highest BCUT2D eigenvalue weighted by molar-refractivity contribution is 7.71. The average Bonchev–Trinajstić information content (AvgIpc) is 2.95. The van der Waals surface area contributed by atoms with E-state index < -0.39 is 0 Å². The molecule has 0 atom stereocenters. The molecule has 0 saturated carbocycles. The Bertz CT molecular complexity index is 682. The predicted octanol–water partition coefficient (Wildman–Crippen LogP) is 1.86. The number of amides is 1. The third-order valence-electron chi connectivity index (χ3n) is 3.56. The molecule has 1 amide bonds. The van der Waals surface area contributed by atoms with Gasteiger partial charge in [0, 0.05) is 24.9 Å². The van der Waals surface area contributed by atoms with E-state index in [0.29, 0.717) is 11.3 Å². The zero-order chi connectivity index (χ0) is 15.4. The van der Waals surface area contributed by atoms with Gasteiger partial charge in [-0.25, -0.2) is 0 Å². The molecule has 0 unspecified atom stereocenters. The maximum absolute atomic E-state index is 12.1. The number of aryl methyl sites for hydroxylation is 2. The Kier molecular flexibility index (Phi) is 4.95. The minimum atomic E-state index is -0.0660. The predicted molar refractivity (Wildman–Crippen MR) is 83.4 cm³/mol. The highest BCUT2D eigenvalue weighted by Crippen LogP contribution is 2.05. The zero-order valence-electron chi connectivity index (χ0n) is 12.6. The number of carbonyl (C=O) groups excluding carboxylic acids is 1. The smallest absolute Gasteiger partial charge is 0.240 e. The van der Waals surface area contributed by atoms with Crippen molar-refractivity contribution in [2.75, 3.05) is 0 Å². The summed E-state index contributed by atoms with van der Waals surface area (Å²) in [5.41, 5.74) is 2.24. The Morgan fingerprint density at radius 2 is 2.24 bits per heavy atom. The van der Waals surface area contributed by atoms with Crippen molar-refractivity contribution in [1.82, 2.24) is 24.6 Å². The number of nitrogens with zero attached hydrogens (tertiary/aromatic N) is 3. The molecule has 0 aromatic carbocycles. The van der Waals surface area contributed by atoms with Crippen LogP contribution >= 0.6 is 12.2 Å². The summed E-state index contributed by atoms with van der Waals surface area (Å²) < 4.78 is 4.31. The Hall–Kier alpha value is -1.89. The lowest BCUT2D eigenvalue weighted by molar-refractivity contribution is -0.121. The van der Waals surface area contributed by atoms with Crippen molar-refractivity contribution >= 4 is 18.1 Å². The lowest BCUT2D eigenvalue weighted by Crippen LogP contribution is -2.28. The molecule has 0 aliphatic carbocycles. The van der Waals surface area contributed by atoms with Crippen molar-refractivity contribution in [1.29, 1.82) is 0 Å². The van der Waals surface area contributed by atoms with Crippen molar-refractivity contribution in [3.8, 4) is 0 Å². The van der Waals surface area contributed by atoms with Gasteiger partial charge in [0.1, 0.15) is 12.4 Å². The van der Waals surface area contributed by atoms with Gasteiger partial charge in [-0.3, -0.25) is 14.5 Å². The van der Waals surface area contributed by atoms with Crippen LogP contribution in [0.3, 0.4) is 0 Å².